The molecule has 0 radical (unpaired) electrons. The molecule has 104 valence electrons. The first-order chi connectivity index (χ1) is 8.34. The monoisotopic (exact) mass is 251 g/mol. The molecule has 2 aliphatic rings. The smallest absolute Gasteiger partial charge is 0.0992 e. The van der Waals surface area contributed by atoms with Gasteiger partial charge in [-0.05, 0) is 40.0 Å². The maximum Gasteiger partial charge on any atom is 0.0992 e. The number of hydrogen-bond acceptors (Lipinski definition) is 2. The number of amidine groups is 1. The van der Waals surface area contributed by atoms with Crippen LogP contribution in [0.2, 0.25) is 0 Å². The molecule has 18 heavy (non-hydrogen) atoms. The molecule has 2 aliphatic heterocycles. The van der Waals surface area contributed by atoms with E-state index in [2.05, 4.69) is 44.4 Å². The second-order valence-electron chi connectivity index (χ2n) is 7.06. The van der Waals surface area contributed by atoms with Crippen LogP contribution in [0.5, 0.6) is 0 Å². The third kappa shape index (κ3) is 2.42. The van der Waals surface area contributed by atoms with E-state index in [9.17, 15) is 0 Å². The molecule has 0 spiro atoms. The van der Waals surface area contributed by atoms with Gasteiger partial charge in [-0.15, -0.1) is 0 Å². The lowest BCUT2D eigenvalue weighted by atomic mass is 10.00. The Balaban J connectivity index is 2.09. The molecule has 3 heteroatoms. The zero-order chi connectivity index (χ0) is 13.5. The Bertz CT molecular complexity index is 304. The number of nitrogens with zero attached hydrogens (tertiary/aromatic N) is 2. The molecule has 3 unspecified atom stereocenters. The summed E-state index contributed by atoms with van der Waals surface area (Å²) in [5.41, 5.74) is 0.269. The fourth-order valence-electron chi connectivity index (χ4n) is 3.29. The van der Waals surface area contributed by atoms with E-state index in [1.807, 2.05) is 0 Å². The maximum atomic E-state index is 8.42. The highest BCUT2D eigenvalue weighted by Gasteiger charge is 2.44. The van der Waals surface area contributed by atoms with Crippen molar-refractivity contribution in [3.05, 3.63) is 0 Å². The van der Waals surface area contributed by atoms with Gasteiger partial charge in [0, 0.05) is 36.6 Å². The van der Waals surface area contributed by atoms with Crippen LogP contribution in [-0.2, 0) is 0 Å². The van der Waals surface area contributed by atoms with Crippen LogP contribution in [-0.4, -0.2) is 46.3 Å². The average molecular weight is 251 g/mol. The Labute approximate surface area is 112 Å². The van der Waals surface area contributed by atoms with Crippen LogP contribution in [0, 0.1) is 11.3 Å². The van der Waals surface area contributed by atoms with E-state index in [1.54, 1.807) is 0 Å². The highest BCUT2D eigenvalue weighted by atomic mass is 15.4. The van der Waals surface area contributed by atoms with Crippen molar-refractivity contribution in [1.29, 1.82) is 5.41 Å². The van der Waals surface area contributed by atoms with E-state index in [-0.39, 0.29) is 5.54 Å². The summed E-state index contributed by atoms with van der Waals surface area (Å²) >= 11 is 0. The summed E-state index contributed by atoms with van der Waals surface area (Å²) in [6.45, 7) is 13.6. The van der Waals surface area contributed by atoms with E-state index in [0.717, 1.165) is 25.3 Å². The minimum atomic E-state index is 0.269. The number of fused-ring (bicyclic) bond motifs is 2. The Kier molecular flexibility index (Phi) is 3.72. The van der Waals surface area contributed by atoms with Gasteiger partial charge in [0.05, 0.1) is 5.84 Å². The minimum Gasteiger partial charge on any atom is -0.352 e. The Hall–Kier alpha value is -0.570. The first kappa shape index (κ1) is 13.9. The molecule has 3 atom stereocenters. The molecule has 0 aromatic heterocycles. The highest BCUT2D eigenvalue weighted by molar-refractivity contribution is 5.82. The normalized spacial score (nSPS) is 30.6. The van der Waals surface area contributed by atoms with E-state index in [1.165, 1.54) is 12.8 Å². The zero-order valence-electron chi connectivity index (χ0n) is 12.7. The molecule has 0 saturated carbocycles. The summed E-state index contributed by atoms with van der Waals surface area (Å²) < 4.78 is 0. The first-order valence-electron chi connectivity index (χ1n) is 7.46. The summed E-state index contributed by atoms with van der Waals surface area (Å²) in [5.74, 6) is 1.30. The van der Waals surface area contributed by atoms with Gasteiger partial charge in [0.2, 0.25) is 0 Å². The van der Waals surface area contributed by atoms with Gasteiger partial charge in [0.25, 0.3) is 0 Å². The number of hydrogen-bond donors (Lipinski definition) is 1. The lowest BCUT2D eigenvalue weighted by molar-refractivity contribution is 0.0465. The van der Waals surface area contributed by atoms with E-state index in [0.29, 0.717) is 18.0 Å². The predicted molar refractivity (Wildman–Crippen MR) is 77.2 cm³/mol. The van der Waals surface area contributed by atoms with Crippen LogP contribution >= 0.6 is 0 Å². The fraction of sp³-hybridized carbons (Fsp3) is 0.933. The zero-order valence-corrected chi connectivity index (χ0v) is 12.7. The summed E-state index contributed by atoms with van der Waals surface area (Å²) in [7, 11) is 0. The van der Waals surface area contributed by atoms with Crippen molar-refractivity contribution < 1.29 is 0 Å². The molecule has 2 fully saturated rings. The molecule has 2 heterocycles. The first-order valence-corrected chi connectivity index (χ1v) is 7.46. The summed E-state index contributed by atoms with van der Waals surface area (Å²) in [4.78, 5) is 5.05. The lowest BCUT2D eigenvalue weighted by Gasteiger charge is -2.48. The van der Waals surface area contributed by atoms with Crippen molar-refractivity contribution in [3.63, 3.8) is 0 Å². The van der Waals surface area contributed by atoms with Crippen molar-refractivity contribution in [3.8, 4) is 0 Å². The number of piperazine rings is 1. The molecule has 0 aromatic rings. The largest absolute Gasteiger partial charge is 0.352 e. The Morgan fingerprint density at radius 3 is 2.11 bits per heavy atom. The summed E-state index contributed by atoms with van der Waals surface area (Å²) in [6, 6.07) is 1.17. The van der Waals surface area contributed by atoms with Crippen LogP contribution in [0.4, 0.5) is 0 Å². The molecule has 0 aliphatic carbocycles. The molecule has 0 aromatic carbocycles. The van der Waals surface area contributed by atoms with Gasteiger partial charge in [-0.25, -0.2) is 0 Å². The van der Waals surface area contributed by atoms with Crippen LogP contribution in [0.15, 0.2) is 0 Å². The third-order valence-corrected chi connectivity index (χ3v) is 4.79. The molecule has 2 bridgehead atoms. The second-order valence-corrected chi connectivity index (χ2v) is 7.06. The van der Waals surface area contributed by atoms with Crippen LogP contribution < -0.4 is 0 Å². The maximum absolute atomic E-state index is 8.42. The van der Waals surface area contributed by atoms with Crippen molar-refractivity contribution in [2.75, 3.05) is 13.1 Å². The van der Waals surface area contributed by atoms with Gasteiger partial charge >= 0.3 is 0 Å². The molecule has 1 N–H and O–H groups in total. The van der Waals surface area contributed by atoms with Crippen molar-refractivity contribution in [2.24, 2.45) is 5.92 Å². The van der Waals surface area contributed by atoms with Crippen molar-refractivity contribution in [1.82, 2.24) is 9.80 Å². The predicted octanol–water partition coefficient (Wildman–Crippen LogP) is 2.96. The topological polar surface area (TPSA) is 30.3 Å². The SMILES string of the molecule is CCC(C)C(=N)N1C2CCC1CN(C(C)(C)C)C2. The van der Waals surface area contributed by atoms with Gasteiger partial charge in [-0.2, -0.15) is 0 Å². The molecule has 2 rings (SSSR count). The van der Waals surface area contributed by atoms with E-state index >= 15 is 0 Å². The highest BCUT2D eigenvalue weighted by Crippen LogP contribution is 2.34. The molecule has 0 amide bonds. The standard InChI is InChI=1S/C15H29N3/c1-6-11(2)14(16)18-12-7-8-13(18)10-17(9-12)15(3,4)5/h11-13,16H,6-10H2,1-5H3. The van der Waals surface area contributed by atoms with Gasteiger partial charge in [0.1, 0.15) is 0 Å². The summed E-state index contributed by atoms with van der Waals surface area (Å²) in [5, 5.41) is 8.42. The molecular weight excluding hydrogens is 222 g/mol. The Morgan fingerprint density at radius 2 is 1.72 bits per heavy atom. The molecular formula is C15H29N3. The average Bonchev–Trinajstić information content (AvgIpc) is 2.55. The van der Waals surface area contributed by atoms with E-state index < -0.39 is 0 Å². The number of rotatable bonds is 2. The molecule has 3 nitrogen and oxygen atoms in total. The van der Waals surface area contributed by atoms with Crippen molar-refractivity contribution in [2.45, 2.75) is 71.5 Å². The lowest BCUT2D eigenvalue weighted by Crippen LogP contribution is -2.60. The van der Waals surface area contributed by atoms with Gasteiger partial charge < -0.3 is 4.90 Å². The van der Waals surface area contributed by atoms with Gasteiger partial charge in [0.15, 0.2) is 0 Å². The quantitative estimate of drug-likeness (QED) is 0.604. The number of nitrogens with one attached hydrogen (secondary N) is 1. The van der Waals surface area contributed by atoms with Crippen LogP contribution in [0.25, 0.3) is 0 Å². The van der Waals surface area contributed by atoms with E-state index in [4.69, 9.17) is 5.41 Å². The van der Waals surface area contributed by atoms with Gasteiger partial charge in [-0.3, -0.25) is 10.3 Å². The fourth-order valence-corrected chi connectivity index (χ4v) is 3.29. The molecule has 2 saturated heterocycles. The summed E-state index contributed by atoms with van der Waals surface area (Å²) in [6.07, 6.45) is 3.63. The minimum absolute atomic E-state index is 0.269. The van der Waals surface area contributed by atoms with Crippen molar-refractivity contribution >= 4 is 5.84 Å². The van der Waals surface area contributed by atoms with Crippen LogP contribution in [0.3, 0.4) is 0 Å². The van der Waals surface area contributed by atoms with Gasteiger partial charge in [-0.1, -0.05) is 13.8 Å². The number of likely N-dealkylation sites (tertiary alicyclic amines) is 1. The third-order valence-electron chi connectivity index (χ3n) is 4.79. The second kappa shape index (κ2) is 4.84. The van der Waals surface area contributed by atoms with Crippen LogP contribution in [0.1, 0.15) is 53.9 Å². The Morgan fingerprint density at radius 1 is 1.22 bits per heavy atom.